The molecular weight excluding hydrogens is 287 g/mol. The maximum absolute atomic E-state index is 13.6. The van der Waals surface area contributed by atoms with Crippen LogP contribution in [-0.2, 0) is 4.79 Å². The first-order chi connectivity index (χ1) is 9.52. The van der Waals surface area contributed by atoms with Crippen molar-refractivity contribution in [1.29, 1.82) is 0 Å². The van der Waals surface area contributed by atoms with Crippen molar-refractivity contribution in [2.75, 3.05) is 24.1 Å². The molecule has 2 N–H and O–H groups in total. The van der Waals surface area contributed by atoms with Crippen molar-refractivity contribution in [2.24, 2.45) is 0 Å². The number of carboxylic acids is 1. The van der Waals surface area contributed by atoms with Crippen molar-refractivity contribution in [3.05, 3.63) is 24.0 Å². The molecular formula is C12H13FN2O4S. The number of carbonyl (C=O) groups is 2. The number of benzene rings is 1. The molecule has 0 radical (unpaired) electrons. The summed E-state index contributed by atoms with van der Waals surface area (Å²) in [7, 11) is 1.43. The summed E-state index contributed by atoms with van der Waals surface area (Å²) in [5, 5.41) is 11.4. The number of ether oxygens (including phenoxy) is 1. The van der Waals surface area contributed by atoms with Crippen LogP contribution in [0.25, 0.3) is 0 Å². The minimum atomic E-state index is -1.07. The average molecular weight is 300 g/mol. The summed E-state index contributed by atoms with van der Waals surface area (Å²) >= 11 is 1.34. The second-order valence-corrected chi connectivity index (χ2v) is 5.10. The first-order valence-corrected chi connectivity index (χ1v) is 6.90. The number of nitrogens with one attached hydrogen (secondary N) is 1. The van der Waals surface area contributed by atoms with Gasteiger partial charge in [-0.15, -0.1) is 11.8 Å². The molecule has 2 rings (SSSR count). The van der Waals surface area contributed by atoms with Crippen LogP contribution in [0.5, 0.6) is 5.75 Å². The standard InChI is InChI=1S/C12H13FN2O4S/c1-19-7-2-3-8(13)9(4-7)14-12(18)15-6-20-5-10(15)11(16)17/h2-4,10H,5-6H2,1H3,(H,14,18)(H,16,17)/t10-/m0/s1. The number of anilines is 1. The van der Waals surface area contributed by atoms with Crippen LogP contribution in [0.2, 0.25) is 0 Å². The van der Waals surface area contributed by atoms with E-state index in [9.17, 15) is 14.0 Å². The lowest BCUT2D eigenvalue weighted by molar-refractivity contribution is -0.140. The Morgan fingerprint density at radius 2 is 2.30 bits per heavy atom. The van der Waals surface area contributed by atoms with Crippen molar-refractivity contribution >= 4 is 29.4 Å². The molecule has 0 unspecified atom stereocenters. The van der Waals surface area contributed by atoms with Crippen molar-refractivity contribution in [1.82, 2.24) is 4.90 Å². The summed E-state index contributed by atoms with van der Waals surface area (Å²) in [4.78, 5) is 24.2. The Morgan fingerprint density at radius 3 is 2.95 bits per heavy atom. The highest BCUT2D eigenvalue weighted by molar-refractivity contribution is 7.99. The fraction of sp³-hybridized carbons (Fsp3) is 0.333. The molecule has 1 aliphatic rings. The monoisotopic (exact) mass is 300 g/mol. The maximum atomic E-state index is 13.6. The minimum absolute atomic E-state index is 0.0459. The third-order valence-electron chi connectivity index (χ3n) is 2.84. The zero-order valence-corrected chi connectivity index (χ0v) is 11.4. The normalized spacial score (nSPS) is 17.9. The predicted octanol–water partition coefficient (Wildman–Crippen LogP) is 1.83. The molecule has 1 aromatic carbocycles. The van der Waals surface area contributed by atoms with E-state index in [4.69, 9.17) is 9.84 Å². The zero-order valence-electron chi connectivity index (χ0n) is 10.6. The van der Waals surface area contributed by atoms with Gasteiger partial charge in [-0.3, -0.25) is 0 Å². The first-order valence-electron chi connectivity index (χ1n) is 5.74. The lowest BCUT2D eigenvalue weighted by Gasteiger charge is -2.21. The van der Waals surface area contributed by atoms with Gasteiger partial charge in [0.05, 0.1) is 18.7 Å². The van der Waals surface area contributed by atoms with Crippen molar-refractivity contribution in [3.8, 4) is 5.75 Å². The Balaban J connectivity index is 2.13. The number of carbonyl (C=O) groups excluding carboxylic acids is 1. The molecule has 0 bridgehead atoms. The molecule has 1 fully saturated rings. The summed E-state index contributed by atoms with van der Waals surface area (Å²) in [6.45, 7) is 0. The van der Waals surface area contributed by atoms with Crippen molar-refractivity contribution < 1.29 is 23.8 Å². The quantitative estimate of drug-likeness (QED) is 0.890. The van der Waals surface area contributed by atoms with Gasteiger partial charge in [-0.2, -0.15) is 0 Å². The zero-order chi connectivity index (χ0) is 14.7. The van der Waals surface area contributed by atoms with E-state index >= 15 is 0 Å². The Hall–Kier alpha value is -1.96. The summed E-state index contributed by atoms with van der Waals surface area (Å²) in [6.07, 6.45) is 0. The van der Waals surface area contributed by atoms with Crippen LogP contribution in [0, 0.1) is 5.82 Å². The summed E-state index contributed by atoms with van der Waals surface area (Å²) in [5.74, 6) is -0.709. The number of amides is 2. The summed E-state index contributed by atoms with van der Waals surface area (Å²) in [5.41, 5.74) is -0.0459. The lowest BCUT2D eigenvalue weighted by atomic mass is 10.3. The number of nitrogens with zero attached hydrogens (tertiary/aromatic N) is 1. The highest BCUT2D eigenvalue weighted by Crippen LogP contribution is 2.25. The van der Waals surface area contributed by atoms with Crippen LogP contribution < -0.4 is 10.1 Å². The third-order valence-corrected chi connectivity index (χ3v) is 3.86. The molecule has 1 aromatic rings. The molecule has 2 amide bonds. The fourth-order valence-corrected chi connectivity index (χ4v) is 2.91. The van der Waals surface area contributed by atoms with Crippen LogP contribution in [0.1, 0.15) is 0 Å². The second-order valence-electron chi connectivity index (χ2n) is 4.10. The van der Waals surface area contributed by atoms with E-state index in [1.165, 1.54) is 37.1 Å². The van der Waals surface area contributed by atoms with Crippen LogP contribution in [0.15, 0.2) is 18.2 Å². The predicted molar refractivity (Wildman–Crippen MR) is 72.6 cm³/mol. The van der Waals surface area contributed by atoms with Crippen molar-refractivity contribution in [2.45, 2.75) is 6.04 Å². The van der Waals surface area contributed by atoms with Gasteiger partial charge in [0.25, 0.3) is 0 Å². The fourth-order valence-electron chi connectivity index (χ4n) is 1.76. The summed E-state index contributed by atoms with van der Waals surface area (Å²) in [6, 6.07) is 2.40. The number of halogens is 1. The van der Waals surface area contributed by atoms with Gasteiger partial charge in [-0.05, 0) is 12.1 Å². The lowest BCUT2D eigenvalue weighted by Crippen LogP contribution is -2.44. The number of hydrogen-bond donors (Lipinski definition) is 2. The largest absolute Gasteiger partial charge is 0.497 e. The van der Waals surface area contributed by atoms with E-state index in [2.05, 4.69) is 5.32 Å². The number of hydrogen-bond acceptors (Lipinski definition) is 4. The molecule has 1 aliphatic heterocycles. The Bertz CT molecular complexity index is 540. The van der Waals surface area contributed by atoms with Crippen molar-refractivity contribution in [3.63, 3.8) is 0 Å². The van der Waals surface area contributed by atoms with Gasteiger partial charge in [0.1, 0.15) is 17.6 Å². The van der Waals surface area contributed by atoms with E-state index < -0.39 is 23.9 Å². The molecule has 0 spiro atoms. The molecule has 108 valence electrons. The SMILES string of the molecule is COc1ccc(F)c(NC(=O)N2CSC[C@H]2C(=O)O)c1. The molecule has 0 aromatic heterocycles. The molecule has 6 nitrogen and oxygen atoms in total. The van der Waals surface area contributed by atoms with Crippen LogP contribution >= 0.6 is 11.8 Å². The molecule has 1 atom stereocenters. The van der Waals surface area contributed by atoms with Gasteiger partial charge in [0.2, 0.25) is 0 Å². The van der Waals surface area contributed by atoms with Crippen LogP contribution in [0.4, 0.5) is 14.9 Å². The molecule has 1 saturated heterocycles. The van der Waals surface area contributed by atoms with E-state index in [1.807, 2.05) is 0 Å². The van der Waals surface area contributed by atoms with Crippen LogP contribution in [-0.4, -0.2) is 46.8 Å². The molecule has 0 aliphatic carbocycles. The van der Waals surface area contributed by atoms with Gasteiger partial charge < -0.3 is 20.1 Å². The van der Waals surface area contributed by atoms with E-state index in [-0.39, 0.29) is 11.6 Å². The highest BCUT2D eigenvalue weighted by atomic mass is 32.2. The Kier molecular flexibility index (Phi) is 4.33. The summed E-state index contributed by atoms with van der Waals surface area (Å²) < 4.78 is 18.5. The second kappa shape index (κ2) is 6.00. The van der Waals surface area contributed by atoms with Gasteiger partial charge in [-0.25, -0.2) is 14.0 Å². The van der Waals surface area contributed by atoms with E-state index in [0.717, 1.165) is 4.90 Å². The smallest absolute Gasteiger partial charge is 0.327 e. The molecule has 0 saturated carbocycles. The highest BCUT2D eigenvalue weighted by Gasteiger charge is 2.34. The topological polar surface area (TPSA) is 78.9 Å². The number of urea groups is 1. The first kappa shape index (κ1) is 14.4. The minimum Gasteiger partial charge on any atom is -0.497 e. The van der Waals surface area contributed by atoms with Gasteiger partial charge in [0, 0.05) is 11.8 Å². The number of rotatable bonds is 3. The average Bonchev–Trinajstić information content (AvgIpc) is 2.90. The van der Waals surface area contributed by atoms with Gasteiger partial charge in [0.15, 0.2) is 0 Å². The number of thioether (sulfide) groups is 1. The van der Waals surface area contributed by atoms with E-state index in [1.54, 1.807) is 0 Å². The number of aliphatic carboxylic acids is 1. The Morgan fingerprint density at radius 1 is 1.55 bits per heavy atom. The molecule has 8 heteroatoms. The Labute approximate surface area is 118 Å². The van der Waals surface area contributed by atoms with Crippen LogP contribution in [0.3, 0.4) is 0 Å². The molecule has 20 heavy (non-hydrogen) atoms. The number of carboxylic acid groups (broad SMARTS) is 1. The molecule has 1 heterocycles. The maximum Gasteiger partial charge on any atom is 0.327 e. The van der Waals surface area contributed by atoms with E-state index in [0.29, 0.717) is 11.5 Å². The number of methoxy groups -OCH3 is 1. The van der Waals surface area contributed by atoms with Gasteiger partial charge in [-0.1, -0.05) is 0 Å². The van der Waals surface area contributed by atoms with Gasteiger partial charge >= 0.3 is 12.0 Å². The third kappa shape index (κ3) is 2.96.